The number of carbonyl (C=O) groups is 1. The van der Waals surface area contributed by atoms with Gasteiger partial charge in [-0.05, 0) is 6.92 Å². The molecule has 0 fully saturated rings. The Morgan fingerprint density at radius 1 is 1.35 bits per heavy atom. The number of phenols is 1. The minimum absolute atomic E-state index is 0.0504. The summed E-state index contributed by atoms with van der Waals surface area (Å²) in [6.07, 6.45) is -1.26. The normalized spacial score (nSPS) is 21.0. The molecule has 0 saturated carbocycles. The fraction of sp³-hybridized carbons (Fsp3) is 0.471. The third kappa shape index (κ3) is 2.20. The van der Waals surface area contributed by atoms with Crippen LogP contribution in [0.4, 0.5) is 4.79 Å². The SMILES string of the molecule is CO[C@H]1c2c(COC(N)=O)c3c4c(c(C)c(O)c3n2C[C@@H]1N)=NCCN=4. The largest absolute Gasteiger partial charge is 0.505 e. The summed E-state index contributed by atoms with van der Waals surface area (Å²) >= 11 is 0. The lowest BCUT2D eigenvalue weighted by atomic mass is 10.0. The Morgan fingerprint density at radius 3 is 2.69 bits per heavy atom. The molecule has 1 aromatic heterocycles. The molecule has 2 aromatic rings. The Labute approximate surface area is 148 Å². The van der Waals surface area contributed by atoms with E-state index in [-0.39, 0.29) is 24.5 Å². The summed E-state index contributed by atoms with van der Waals surface area (Å²) in [7, 11) is 1.58. The highest BCUT2D eigenvalue weighted by Gasteiger charge is 2.37. The van der Waals surface area contributed by atoms with Crippen molar-refractivity contribution in [2.45, 2.75) is 32.2 Å². The number of ether oxygens (including phenoxy) is 2. The molecule has 3 heterocycles. The second-order valence-electron chi connectivity index (χ2n) is 6.56. The average Bonchev–Trinajstić information content (AvgIpc) is 3.10. The molecule has 1 amide bonds. The number of amides is 1. The quantitative estimate of drug-likeness (QED) is 0.680. The van der Waals surface area contributed by atoms with Crippen LogP contribution in [0.2, 0.25) is 0 Å². The molecule has 4 rings (SSSR count). The van der Waals surface area contributed by atoms with Crippen LogP contribution in [0.15, 0.2) is 9.98 Å². The lowest BCUT2D eigenvalue weighted by molar-refractivity contribution is 0.0878. The van der Waals surface area contributed by atoms with Crippen LogP contribution in [0.25, 0.3) is 10.9 Å². The summed E-state index contributed by atoms with van der Waals surface area (Å²) in [5, 5.41) is 13.0. The van der Waals surface area contributed by atoms with Gasteiger partial charge in [-0.2, -0.15) is 0 Å². The summed E-state index contributed by atoms with van der Waals surface area (Å²) < 4.78 is 12.6. The number of hydrogen-bond acceptors (Lipinski definition) is 7. The molecular formula is C17H21N5O4. The highest BCUT2D eigenvalue weighted by Crippen LogP contribution is 2.40. The molecular weight excluding hydrogens is 338 g/mol. The van der Waals surface area contributed by atoms with Crippen LogP contribution in [0.1, 0.15) is 22.9 Å². The lowest BCUT2D eigenvalue weighted by Crippen LogP contribution is -2.34. The van der Waals surface area contributed by atoms with Gasteiger partial charge < -0.3 is 30.6 Å². The number of fused-ring (bicyclic) bond motifs is 5. The first-order chi connectivity index (χ1) is 12.5. The zero-order valence-electron chi connectivity index (χ0n) is 14.7. The Hall–Kier alpha value is -2.65. The predicted molar refractivity (Wildman–Crippen MR) is 92.5 cm³/mol. The molecule has 0 radical (unpaired) electrons. The Morgan fingerprint density at radius 2 is 2.04 bits per heavy atom. The highest BCUT2D eigenvalue weighted by atomic mass is 16.5. The van der Waals surface area contributed by atoms with E-state index in [4.69, 9.17) is 20.9 Å². The standard InChI is InChI=1S/C17H21N5O4/c1-7-11-12(21-4-3-20-11)10-8(6-26-17(19)24)13-16(25-2)9(18)5-22(13)14(10)15(7)23/h9,16,23H,3-6,18H2,1-2H3,(H2,19,24)/t9-,16+/m0/s1. The third-order valence-electron chi connectivity index (χ3n) is 5.11. The van der Waals surface area contributed by atoms with Gasteiger partial charge in [0.05, 0.1) is 41.1 Å². The number of nitrogens with two attached hydrogens (primary N) is 2. The maximum atomic E-state index is 11.2. The number of rotatable bonds is 3. The van der Waals surface area contributed by atoms with Crippen LogP contribution >= 0.6 is 0 Å². The average molecular weight is 359 g/mol. The number of nitrogens with zero attached hydrogens (tertiary/aromatic N) is 3. The van der Waals surface area contributed by atoms with Crippen LogP contribution in [-0.2, 0) is 22.6 Å². The van der Waals surface area contributed by atoms with E-state index in [2.05, 4.69) is 9.98 Å². The molecule has 0 aliphatic carbocycles. The zero-order chi connectivity index (χ0) is 18.6. The van der Waals surface area contributed by atoms with E-state index >= 15 is 0 Å². The van der Waals surface area contributed by atoms with Crippen LogP contribution in [0, 0.1) is 6.92 Å². The van der Waals surface area contributed by atoms with Gasteiger partial charge in [0, 0.05) is 30.2 Å². The van der Waals surface area contributed by atoms with E-state index in [0.717, 1.165) is 11.1 Å². The summed E-state index contributed by atoms with van der Waals surface area (Å²) in [6, 6.07) is -0.274. The van der Waals surface area contributed by atoms with E-state index in [1.807, 2.05) is 11.5 Å². The van der Waals surface area contributed by atoms with Crippen molar-refractivity contribution < 1.29 is 19.4 Å². The topological polar surface area (TPSA) is 137 Å². The molecule has 9 heteroatoms. The van der Waals surface area contributed by atoms with Crippen molar-refractivity contribution in [3.8, 4) is 5.75 Å². The molecule has 0 saturated heterocycles. The number of methoxy groups -OCH3 is 1. The number of hydrogen-bond donors (Lipinski definition) is 3. The van der Waals surface area contributed by atoms with Crippen LogP contribution in [-0.4, -0.2) is 42.0 Å². The first kappa shape index (κ1) is 16.8. The predicted octanol–water partition coefficient (Wildman–Crippen LogP) is -0.468. The van der Waals surface area contributed by atoms with Gasteiger partial charge in [0.2, 0.25) is 0 Å². The van der Waals surface area contributed by atoms with E-state index in [0.29, 0.717) is 47.0 Å². The zero-order valence-corrected chi connectivity index (χ0v) is 14.7. The summed E-state index contributed by atoms with van der Waals surface area (Å²) in [6.45, 7) is 3.39. The van der Waals surface area contributed by atoms with Gasteiger partial charge in [-0.15, -0.1) is 0 Å². The van der Waals surface area contributed by atoms with Crippen molar-refractivity contribution in [1.82, 2.24) is 4.57 Å². The van der Waals surface area contributed by atoms with Gasteiger partial charge in [-0.25, -0.2) is 4.79 Å². The molecule has 26 heavy (non-hydrogen) atoms. The molecule has 9 nitrogen and oxygen atoms in total. The number of primary amides is 1. The molecule has 2 aliphatic rings. The number of phenolic OH excluding ortho intramolecular Hbond substituents is 1. The van der Waals surface area contributed by atoms with Gasteiger partial charge in [-0.1, -0.05) is 0 Å². The van der Waals surface area contributed by atoms with E-state index in [1.54, 1.807) is 7.11 Å². The van der Waals surface area contributed by atoms with Crippen molar-refractivity contribution >= 4 is 17.0 Å². The number of benzene rings is 1. The van der Waals surface area contributed by atoms with Crippen LogP contribution in [0.5, 0.6) is 5.75 Å². The fourth-order valence-electron chi connectivity index (χ4n) is 4.05. The molecule has 2 aliphatic heterocycles. The third-order valence-corrected chi connectivity index (χ3v) is 5.11. The second kappa shape index (κ2) is 5.96. The maximum absolute atomic E-state index is 11.2. The maximum Gasteiger partial charge on any atom is 0.404 e. The number of aromatic hydroxyl groups is 1. The van der Waals surface area contributed by atoms with Crippen molar-refractivity contribution in [2.75, 3.05) is 20.2 Å². The molecule has 2 atom stereocenters. The smallest absolute Gasteiger partial charge is 0.404 e. The number of aromatic nitrogens is 1. The fourth-order valence-corrected chi connectivity index (χ4v) is 4.05. The van der Waals surface area contributed by atoms with Gasteiger partial charge >= 0.3 is 6.09 Å². The first-order valence-corrected chi connectivity index (χ1v) is 8.41. The van der Waals surface area contributed by atoms with Crippen molar-refractivity contribution in [2.24, 2.45) is 21.5 Å². The van der Waals surface area contributed by atoms with Gasteiger partial charge in [0.15, 0.2) is 0 Å². The highest BCUT2D eigenvalue weighted by molar-refractivity contribution is 5.91. The van der Waals surface area contributed by atoms with E-state index in [1.165, 1.54) is 0 Å². The summed E-state index contributed by atoms with van der Waals surface area (Å²) in [5.41, 5.74) is 14.2. The first-order valence-electron chi connectivity index (χ1n) is 8.41. The van der Waals surface area contributed by atoms with Crippen LogP contribution in [0.3, 0.4) is 0 Å². The van der Waals surface area contributed by atoms with Crippen molar-refractivity contribution in [3.05, 3.63) is 27.5 Å². The van der Waals surface area contributed by atoms with Gasteiger partial charge in [0.1, 0.15) is 18.5 Å². The minimum atomic E-state index is -0.874. The molecule has 0 bridgehead atoms. The number of carbonyl (C=O) groups excluding carboxylic acids is 1. The van der Waals surface area contributed by atoms with Crippen molar-refractivity contribution in [3.63, 3.8) is 0 Å². The molecule has 1 aromatic carbocycles. The minimum Gasteiger partial charge on any atom is -0.505 e. The molecule has 0 unspecified atom stereocenters. The van der Waals surface area contributed by atoms with E-state index < -0.39 is 6.09 Å². The Kier molecular flexibility index (Phi) is 3.85. The second-order valence-corrected chi connectivity index (χ2v) is 6.56. The molecule has 5 N–H and O–H groups in total. The monoisotopic (exact) mass is 359 g/mol. The summed E-state index contributed by atoms with van der Waals surface area (Å²) in [5.74, 6) is 0.134. The molecule has 0 spiro atoms. The van der Waals surface area contributed by atoms with Crippen molar-refractivity contribution in [1.29, 1.82) is 0 Å². The van der Waals surface area contributed by atoms with Gasteiger partial charge in [0.25, 0.3) is 0 Å². The Balaban J connectivity index is 2.14. The van der Waals surface area contributed by atoms with E-state index in [9.17, 15) is 9.90 Å². The Bertz CT molecular complexity index is 1040. The lowest BCUT2D eigenvalue weighted by Gasteiger charge is -2.15. The molecule has 138 valence electrons. The summed E-state index contributed by atoms with van der Waals surface area (Å²) in [4.78, 5) is 20.4. The van der Waals surface area contributed by atoms with Crippen LogP contribution < -0.4 is 22.2 Å². The van der Waals surface area contributed by atoms with Gasteiger partial charge in [-0.3, -0.25) is 9.98 Å².